The zero-order valence-electron chi connectivity index (χ0n) is 26.3. The molecule has 2 heterocycles. The molecule has 15 nitrogen and oxygen atoms in total. The topological polar surface area (TPSA) is 189 Å². The number of esters is 5. The quantitative estimate of drug-likeness (QED) is 0.176. The third-order valence-electron chi connectivity index (χ3n) is 6.67. The van der Waals surface area contributed by atoms with E-state index in [9.17, 15) is 28.8 Å². The number of ether oxygens (including phenoxy) is 8. The number of rotatable bonds is 10. The van der Waals surface area contributed by atoms with Crippen LogP contribution in [0, 0.1) is 0 Å². The summed E-state index contributed by atoms with van der Waals surface area (Å²) in [5, 5.41) is -0.0811. The lowest BCUT2D eigenvalue weighted by molar-refractivity contribution is -0.288. The number of hydrogen-bond donors (Lipinski definition) is 0. The summed E-state index contributed by atoms with van der Waals surface area (Å²) in [6, 6.07) is 9.16. The van der Waals surface area contributed by atoms with E-state index < -0.39 is 72.6 Å². The zero-order chi connectivity index (χ0) is 34.4. The van der Waals surface area contributed by atoms with Crippen LogP contribution in [0.25, 0.3) is 22.1 Å². The smallest absolute Gasteiger partial charge is 0.308 e. The van der Waals surface area contributed by atoms with Gasteiger partial charge in [-0.3, -0.25) is 28.8 Å². The molecule has 0 unspecified atom stereocenters. The molecule has 4 rings (SSSR count). The van der Waals surface area contributed by atoms with Gasteiger partial charge in [0.2, 0.25) is 17.8 Å². The molecule has 1 aromatic heterocycles. The van der Waals surface area contributed by atoms with Crippen molar-refractivity contribution in [2.45, 2.75) is 65.3 Å². The first-order valence-corrected chi connectivity index (χ1v) is 14.2. The lowest BCUT2D eigenvalue weighted by atomic mass is 9.98. The summed E-state index contributed by atoms with van der Waals surface area (Å²) in [7, 11) is 1.51. The second-order valence-electron chi connectivity index (χ2n) is 10.3. The van der Waals surface area contributed by atoms with E-state index in [1.54, 1.807) is 24.3 Å². The molecule has 0 bridgehead atoms. The molecule has 15 heteroatoms. The summed E-state index contributed by atoms with van der Waals surface area (Å²) in [5.74, 6) is -3.66. The highest BCUT2D eigenvalue weighted by Gasteiger charge is 2.53. The van der Waals surface area contributed by atoms with Crippen LogP contribution >= 0.6 is 0 Å². The van der Waals surface area contributed by atoms with Crippen LogP contribution in [0.15, 0.2) is 51.9 Å². The standard InChI is InChI=1S/C32H32O15/c1-15(33)40-14-26-29(43-17(3)35)30(44-18(4)36)31(45-19(5)37)32(47-26)46-22-11-24-27(25(12-22)42-16(2)34)28(38)23(13-41-24)20-7-9-21(39-6)10-8-20/h7-13,26,29-32H,14H2,1-6H3/t26-,29-,30+,31+,32-/m1/s1. The first-order valence-electron chi connectivity index (χ1n) is 14.2. The normalized spacial score (nSPS) is 20.4. The summed E-state index contributed by atoms with van der Waals surface area (Å²) in [6.07, 6.45) is -6.07. The highest BCUT2D eigenvalue weighted by atomic mass is 16.7. The fraction of sp³-hybridized carbons (Fsp3) is 0.375. The summed E-state index contributed by atoms with van der Waals surface area (Å²) in [5.41, 5.74) is 0.105. The largest absolute Gasteiger partial charge is 0.497 e. The maximum Gasteiger partial charge on any atom is 0.308 e. The first kappa shape index (κ1) is 34.4. The number of carbonyl (C=O) groups is 5. The lowest BCUT2D eigenvalue weighted by Crippen LogP contribution is -2.63. The van der Waals surface area contributed by atoms with Gasteiger partial charge in [-0.25, -0.2) is 0 Å². The van der Waals surface area contributed by atoms with Crippen molar-refractivity contribution >= 4 is 40.8 Å². The Morgan fingerprint density at radius 2 is 1.36 bits per heavy atom. The van der Waals surface area contributed by atoms with Gasteiger partial charge in [0.15, 0.2) is 12.2 Å². The van der Waals surface area contributed by atoms with E-state index in [-0.39, 0.29) is 28.0 Å². The molecule has 0 radical (unpaired) electrons. The van der Waals surface area contributed by atoms with Crippen molar-refractivity contribution in [3.05, 3.63) is 52.9 Å². The third kappa shape index (κ3) is 8.43. The van der Waals surface area contributed by atoms with Gasteiger partial charge >= 0.3 is 29.8 Å². The summed E-state index contributed by atoms with van der Waals surface area (Å²) in [6.45, 7) is 5.06. The van der Waals surface area contributed by atoms with E-state index in [0.29, 0.717) is 11.3 Å². The Kier molecular flexibility index (Phi) is 10.8. The molecule has 1 fully saturated rings. The second-order valence-corrected chi connectivity index (χ2v) is 10.3. The lowest BCUT2D eigenvalue weighted by Gasteiger charge is -2.43. The predicted molar refractivity (Wildman–Crippen MR) is 158 cm³/mol. The molecule has 1 saturated heterocycles. The molecule has 3 aromatic rings. The van der Waals surface area contributed by atoms with Gasteiger partial charge in [-0.2, -0.15) is 0 Å². The van der Waals surface area contributed by atoms with E-state index in [1.807, 2.05) is 0 Å². The van der Waals surface area contributed by atoms with Gasteiger partial charge in [0.05, 0.1) is 12.7 Å². The van der Waals surface area contributed by atoms with Gasteiger partial charge in [0.25, 0.3) is 0 Å². The van der Waals surface area contributed by atoms with Gasteiger partial charge in [-0.1, -0.05) is 12.1 Å². The van der Waals surface area contributed by atoms with Crippen molar-refractivity contribution in [3.8, 4) is 28.4 Å². The second kappa shape index (κ2) is 14.8. The molecule has 1 aliphatic heterocycles. The average molecular weight is 657 g/mol. The summed E-state index contributed by atoms with van der Waals surface area (Å²) >= 11 is 0. The van der Waals surface area contributed by atoms with Crippen molar-refractivity contribution < 1.29 is 66.3 Å². The zero-order valence-corrected chi connectivity index (χ0v) is 26.3. The fourth-order valence-electron chi connectivity index (χ4n) is 4.88. The Bertz CT molecular complexity index is 1720. The maximum absolute atomic E-state index is 13.7. The molecular formula is C32H32O15. The van der Waals surface area contributed by atoms with Crippen LogP contribution < -0.4 is 19.6 Å². The molecule has 1 aliphatic rings. The van der Waals surface area contributed by atoms with Gasteiger partial charge in [-0.05, 0) is 17.7 Å². The molecule has 0 amide bonds. The molecule has 5 atom stereocenters. The predicted octanol–water partition coefficient (Wildman–Crippen LogP) is 2.86. The van der Waals surface area contributed by atoms with E-state index in [4.69, 9.17) is 42.3 Å². The Morgan fingerprint density at radius 1 is 0.745 bits per heavy atom. The number of carbonyl (C=O) groups excluding carboxylic acids is 5. The minimum absolute atomic E-state index is 0.0494. The Hall–Kier alpha value is -5.44. The molecule has 0 aliphatic carbocycles. The van der Waals surface area contributed by atoms with Crippen LogP contribution in [0.3, 0.4) is 0 Å². The van der Waals surface area contributed by atoms with Crippen molar-refractivity contribution in [1.29, 1.82) is 0 Å². The van der Waals surface area contributed by atoms with Crippen molar-refractivity contribution in [1.82, 2.24) is 0 Å². The number of fused-ring (bicyclic) bond motifs is 1. The van der Waals surface area contributed by atoms with Crippen molar-refractivity contribution in [2.24, 2.45) is 0 Å². The van der Waals surface area contributed by atoms with Gasteiger partial charge in [0.1, 0.15) is 47.2 Å². The summed E-state index contributed by atoms with van der Waals surface area (Å²) < 4.78 is 49.6. The molecule has 0 N–H and O–H groups in total. The molecule has 0 spiro atoms. The van der Waals surface area contributed by atoms with Crippen LogP contribution in [0.2, 0.25) is 0 Å². The van der Waals surface area contributed by atoms with Crippen LogP contribution in [0.1, 0.15) is 34.6 Å². The SMILES string of the molecule is COc1ccc(-c2coc3cc(O[C@@H]4O[C@H](COC(C)=O)[C@@H](OC(C)=O)[C@H](OC(C)=O)[C@@H]4OC(C)=O)cc(OC(C)=O)c3c2=O)cc1. The van der Waals surface area contributed by atoms with Crippen molar-refractivity contribution in [3.63, 3.8) is 0 Å². The Balaban J connectivity index is 1.81. The van der Waals surface area contributed by atoms with Crippen LogP contribution in [0.4, 0.5) is 0 Å². The monoisotopic (exact) mass is 656 g/mol. The molecule has 250 valence electrons. The minimum Gasteiger partial charge on any atom is -0.497 e. The Labute approximate surface area is 267 Å². The van der Waals surface area contributed by atoms with Crippen molar-refractivity contribution in [2.75, 3.05) is 13.7 Å². The summed E-state index contributed by atoms with van der Waals surface area (Å²) in [4.78, 5) is 73.7. The van der Waals surface area contributed by atoms with Gasteiger partial charge in [-0.15, -0.1) is 0 Å². The minimum atomic E-state index is -1.59. The van der Waals surface area contributed by atoms with E-state index >= 15 is 0 Å². The average Bonchev–Trinajstić information content (AvgIpc) is 2.98. The highest BCUT2D eigenvalue weighted by molar-refractivity contribution is 5.90. The highest BCUT2D eigenvalue weighted by Crippen LogP contribution is 2.35. The fourth-order valence-corrected chi connectivity index (χ4v) is 4.88. The Morgan fingerprint density at radius 3 is 1.94 bits per heavy atom. The van der Waals surface area contributed by atoms with E-state index in [1.165, 1.54) is 25.5 Å². The maximum atomic E-state index is 13.7. The van der Waals surface area contributed by atoms with Gasteiger partial charge < -0.3 is 42.3 Å². The number of benzene rings is 2. The molecule has 0 saturated carbocycles. The number of methoxy groups -OCH3 is 1. The third-order valence-corrected chi connectivity index (χ3v) is 6.67. The van der Waals surface area contributed by atoms with E-state index in [0.717, 1.165) is 34.6 Å². The van der Waals surface area contributed by atoms with E-state index in [2.05, 4.69) is 0 Å². The van der Waals surface area contributed by atoms with Crippen LogP contribution in [-0.4, -0.2) is 74.3 Å². The molecule has 2 aromatic carbocycles. The van der Waals surface area contributed by atoms with Crippen LogP contribution in [0.5, 0.6) is 17.2 Å². The molecular weight excluding hydrogens is 624 g/mol. The van der Waals surface area contributed by atoms with Gasteiger partial charge in [0, 0.05) is 46.8 Å². The molecule has 47 heavy (non-hydrogen) atoms. The van der Waals surface area contributed by atoms with Crippen LogP contribution in [-0.2, 0) is 47.7 Å². The number of hydrogen-bond acceptors (Lipinski definition) is 15. The first-order chi connectivity index (χ1) is 22.3.